The van der Waals surface area contributed by atoms with Crippen molar-refractivity contribution >= 4 is 0 Å². The van der Waals surface area contributed by atoms with Gasteiger partial charge in [0.1, 0.15) is 5.75 Å². The van der Waals surface area contributed by atoms with E-state index < -0.39 is 0 Å². The van der Waals surface area contributed by atoms with Gasteiger partial charge in [0.05, 0.1) is 6.61 Å². The van der Waals surface area contributed by atoms with Crippen LogP contribution in [0.4, 0.5) is 0 Å². The van der Waals surface area contributed by atoms with Crippen LogP contribution in [0, 0.1) is 5.92 Å². The van der Waals surface area contributed by atoms with Crippen molar-refractivity contribution in [3.63, 3.8) is 0 Å². The van der Waals surface area contributed by atoms with Crippen molar-refractivity contribution in [2.24, 2.45) is 5.92 Å². The minimum absolute atomic E-state index is 0.200. The Kier molecular flexibility index (Phi) is 5.48. The summed E-state index contributed by atoms with van der Waals surface area (Å²) in [5.41, 5.74) is 2.94. The Labute approximate surface area is 146 Å². The molecule has 0 saturated carbocycles. The van der Waals surface area contributed by atoms with Crippen LogP contribution in [0.25, 0.3) is 0 Å². The molecular weight excluding hydrogens is 300 g/mol. The zero-order valence-electron chi connectivity index (χ0n) is 15.6. The van der Waals surface area contributed by atoms with Crippen LogP contribution in [0.2, 0.25) is 0 Å². The maximum absolute atomic E-state index is 5.66. The van der Waals surface area contributed by atoms with Crippen LogP contribution in [-0.4, -0.2) is 50.9 Å². The zero-order chi connectivity index (χ0) is 17.2. The summed E-state index contributed by atoms with van der Waals surface area (Å²) >= 11 is 0. The summed E-state index contributed by atoms with van der Waals surface area (Å²) in [6.45, 7) is 8.15. The molecule has 1 N–H and O–H groups in total. The first kappa shape index (κ1) is 17.7. The van der Waals surface area contributed by atoms with E-state index in [1.165, 1.54) is 11.1 Å². The van der Waals surface area contributed by atoms with E-state index in [-0.39, 0.29) is 5.54 Å². The Morgan fingerprint density at radius 2 is 1.92 bits per heavy atom. The van der Waals surface area contributed by atoms with Gasteiger partial charge in [0.25, 0.3) is 0 Å². The van der Waals surface area contributed by atoms with Gasteiger partial charge >= 0.3 is 0 Å². The SMILES string of the molecule is CC(C)[C@H](NCC1(N(C)C)CCOCC1)c1ccc2c(c1)CCO2. The number of benzene rings is 1. The Morgan fingerprint density at radius 3 is 2.58 bits per heavy atom. The van der Waals surface area contributed by atoms with E-state index in [1.807, 2.05) is 0 Å². The van der Waals surface area contributed by atoms with Crippen molar-refractivity contribution in [2.45, 2.75) is 44.7 Å². The number of nitrogens with one attached hydrogen (secondary N) is 1. The fourth-order valence-corrected chi connectivity index (χ4v) is 3.97. The lowest BCUT2D eigenvalue weighted by molar-refractivity contribution is -0.00895. The van der Waals surface area contributed by atoms with Crippen LogP contribution in [0.3, 0.4) is 0 Å². The van der Waals surface area contributed by atoms with Gasteiger partial charge in [0, 0.05) is 37.8 Å². The Hall–Kier alpha value is -1.10. The summed E-state index contributed by atoms with van der Waals surface area (Å²) in [5, 5.41) is 3.88. The van der Waals surface area contributed by atoms with Crippen molar-refractivity contribution < 1.29 is 9.47 Å². The molecule has 0 aliphatic carbocycles. The highest BCUT2D eigenvalue weighted by Gasteiger charge is 2.35. The minimum Gasteiger partial charge on any atom is -0.493 e. The zero-order valence-corrected chi connectivity index (χ0v) is 15.6. The average molecular weight is 332 g/mol. The third kappa shape index (κ3) is 3.61. The Morgan fingerprint density at radius 1 is 1.17 bits per heavy atom. The fraction of sp³-hybridized carbons (Fsp3) is 0.700. The van der Waals surface area contributed by atoms with Crippen molar-refractivity contribution in [1.82, 2.24) is 10.2 Å². The summed E-state index contributed by atoms with van der Waals surface area (Å²) in [6, 6.07) is 7.08. The standard InChI is InChI=1S/C20H32N2O2/c1-15(2)19(17-5-6-18-16(13-17)7-10-24-18)21-14-20(22(3)4)8-11-23-12-9-20/h5-6,13,15,19,21H,7-12,14H2,1-4H3/t19-/m0/s1. The third-order valence-corrected chi connectivity index (χ3v) is 5.76. The molecule has 1 aromatic rings. The van der Waals surface area contributed by atoms with E-state index in [9.17, 15) is 0 Å². The molecule has 1 saturated heterocycles. The molecule has 2 aliphatic rings. The van der Waals surface area contributed by atoms with Crippen LogP contribution in [0.1, 0.15) is 43.9 Å². The van der Waals surface area contributed by atoms with Gasteiger partial charge in [-0.25, -0.2) is 0 Å². The van der Waals surface area contributed by atoms with Gasteiger partial charge < -0.3 is 19.7 Å². The van der Waals surface area contributed by atoms with E-state index in [2.05, 4.69) is 56.4 Å². The van der Waals surface area contributed by atoms with E-state index in [0.717, 1.165) is 51.4 Å². The van der Waals surface area contributed by atoms with Crippen molar-refractivity contribution in [1.29, 1.82) is 0 Å². The summed E-state index contributed by atoms with van der Waals surface area (Å²) in [6.07, 6.45) is 3.22. The van der Waals surface area contributed by atoms with E-state index in [1.54, 1.807) is 0 Å². The molecule has 0 bridgehead atoms. The molecule has 1 fully saturated rings. The minimum atomic E-state index is 0.200. The third-order valence-electron chi connectivity index (χ3n) is 5.76. The lowest BCUT2D eigenvalue weighted by atomic mass is 9.87. The fourth-order valence-electron chi connectivity index (χ4n) is 3.97. The first-order chi connectivity index (χ1) is 11.5. The van der Waals surface area contributed by atoms with Crippen LogP contribution >= 0.6 is 0 Å². The Bertz CT molecular complexity index is 551. The van der Waals surface area contributed by atoms with Crippen molar-refractivity contribution in [3.05, 3.63) is 29.3 Å². The van der Waals surface area contributed by atoms with Crippen LogP contribution < -0.4 is 10.1 Å². The summed E-state index contributed by atoms with van der Waals surface area (Å²) in [4.78, 5) is 2.39. The first-order valence-electron chi connectivity index (χ1n) is 9.26. The molecule has 2 heterocycles. The maximum atomic E-state index is 5.66. The van der Waals surface area contributed by atoms with Gasteiger partial charge in [-0.05, 0) is 50.0 Å². The molecule has 1 aromatic carbocycles. The highest BCUT2D eigenvalue weighted by Crippen LogP contribution is 2.32. The molecule has 0 radical (unpaired) electrons. The van der Waals surface area contributed by atoms with E-state index in [0.29, 0.717) is 12.0 Å². The molecule has 4 heteroatoms. The second-order valence-electron chi connectivity index (χ2n) is 7.80. The first-order valence-corrected chi connectivity index (χ1v) is 9.26. The summed E-state index contributed by atoms with van der Waals surface area (Å²) < 4.78 is 11.3. The molecule has 0 amide bonds. The predicted molar refractivity (Wildman–Crippen MR) is 97.7 cm³/mol. The van der Waals surface area contributed by atoms with Crippen molar-refractivity contribution in [3.8, 4) is 5.75 Å². The monoisotopic (exact) mass is 332 g/mol. The average Bonchev–Trinajstić information content (AvgIpc) is 3.03. The van der Waals surface area contributed by atoms with Gasteiger partial charge in [0.15, 0.2) is 0 Å². The molecule has 3 rings (SSSR count). The number of hydrogen-bond donors (Lipinski definition) is 1. The largest absolute Gasteiger partial charge is 0.493 e. The molecule has 0 aromatic heterocycles. The molecule has 1 atom stereocenters. The molecule has 134 valence electrons. The number of fused-ring (bicyclic) bond motifs is 1. The van der Waals surface area contributed by atoms with Crippen molar-refractivity contribution in [2.75, 3.05) is 40.5 Å². The van der Waals surface area contributed by atoms with Crippen LogP contribution in [0.15, 0.2) is 18.2 Å². The molecule has 4 nitrogen and oxygen atoms in total. The van der Waals surface area contributed by atoms with Gasteiger partial charge in [-0.3, -0.25) is 0 Å². The van der Waals surface area contributed by atoms with Crippen LogP contribution in [-0.2, 0) is 11.2 Å². The number of ether oxygens (including phenoxy) is 2. The molecule has 0 unspecified atom stereocenters. The molecular formula is C20H32N2O2. The van der Waals surface area contributed by atoms with Gasteiger partial charge in [-0.1, -0.05) is 26.0 Å². The van der Waals surface area contributed by atoms with E-state index >= 15 is 0 Å². The topological polar surface area (TPSA) is 33.7 Å². The van der Waals surface area contributed by atoms with Gasteiger partial charge in [-0.15, -0.1) is 0 Å². The summed E-state index contributed by atoms with van der Waals surface area (Å²) in [7, 11) is 4.40. The number of hydrogen-bond acceptors (Lipinski definition) is 4. The lowest BCUT2D eigenvalue weighted by Crippen LogP contribution is -2.55. The normalized spacial score (nSPS) is 20.9. The lowest BCUT2D eigenvalue weighted by Gasteiger charge is -2.44. The second-order valence-corrected chi connectivity index (χ2v) is 7.80. The summed E-state index contributed by atoms with van der Waals surface area (Å²) in [5.74, 6) is 1.61. The highest BCUT2D eigenvalue weighted by atomic mass is 16.5. The predicted octanol–water partition coefficient (Wildman–Crippen LogP) is 3.02. The quantitative estimate of drug-likeness (QED) is 0.868. The number of likely N-dealkylation sites (N-methyl/N-ethyl adjacent to an activating group) is 1. The second kappa shape index (κ2) is 7.42. The number of nitrogens with zero attached hydrogens (tertiary/aromatic N) is 1. The van der Waals surface area contributed by atoms with Gasteiger partial charge in [-0.2, -0.15) is 0 Å². The number of rotatable bonds is 6. The van der Waals surface area contributed by atoms with E-state index in [4.69, 9.17) is 9.47 Å². The smallest absolute Gasteiger partial charge is 0.122 e. The van der Waals surface area contributed by atoms with Crippen LogP contribution in [0.5, 0.6) is 5.75 Å². The maximum Gasteiger partial charge on any atom is 0.122 e. The molecule has 2 aliphatic heterocycles. The molecule has 24 heavy (non-hydrogen) atoms. The molecule has 0 spiro atoms. The van der Waals surface area contributed by atoms with Gasteiger partial charge in [0.2, 0.25) is 0 Å². The Balaban J connectivity index is 1.74. The highest BCUT2D eigenvalue weighted by molar-refractivity contribution is 5.41.